The van der Waals surface area contributed by atoms with Gasteiger partial charge >= 0.3 is 6.01 Å². The average molecular weight is 714 g/mol. The lowest BCUT2D eigenvalue weighted by Gasteiger charge is -2.36. The van der Waals surface area contributed by atoms with E-state index in [1.54, 1.807) is 37.4 Å². The second-order valence-electron chi connectivity index (χ2n) is 13.9. The van der Waals surface area contributed by atoms with E-state index in [0.29, 0.717) is 28.8 Å². The number of aryl methyl sites for hydroxylation is 1. The molecule has 5 aromatic rings. The maximum absolute atomic E-state index is 13.2. The second kappa shape index (κ2) is 13.3. The van der Waals surface area contributed by atoms with E-state index in [9.17, 15) is 19.2 Å². The maximum atomic E-state index is 13.2. The number of amides is 4. The van der Waals surface area contributed by atoms with Crippen molar-refractivity contribution < 1.29 is 33.2 Å². The summed E-state index contributed by atoms with van der Waals surface area (Å²) in [7, 11) is 0. The number of nitrogens with one attached hydrogen (secondary N) is 2. The molecule has 14 heteroatoms. The number of carbonyl (C=O) groups is 4. The van der Waals surface area contributed by atoms with Crippen LogP contribution in [0.4, 0.5) is 5.69 Å². The third-order valence-electron chi connectivity index (χ3n) is 9.96. The molecule has 53 heavy (non-hydrogen) atoms. The summed E-state index contributed by atoms with van der Waals surface area (Å²) in [6.07, 6.45) is 3.34. The van der Waals surface area contributed by atoms with Crippen molar-refractivity contribution in [1.29, 1.82) is 0 Å². The Bertz CT molecular complexity index is 2250. The quantitative estimate of drug-likeness (QED) is 0.177. The van der Waals surface area contributed by atoms with Crippen LogP contribution < -0.4 is 20.1 Å². The third kappa shape index (κ3) is 6.59. The normalized spacial score (nSPS) is 19.8. The largest absolute Gasteiger partial charge is 0.490 e. The van der Waals surface area contributed by atoms with Gasteiger partial charge in [0.2, 0.25) is 23.5 Å². The van der Waals surface area contributed by atoms with Crippen LogP contribution in [0.25, 0.3) is 11.5 Å². The molecule has 8 rings (SSSR count). The number of nitrogens with zero attached hydrogens (tertiary/aromatic N) is 5. The smallest absolute Gasteiger partial charge is 0.322 e. The molecule has 1 saturated heterocycles. The third-order valence-corrected chi connectivity index (χ3v) is 9.96. The predicted octanol–water partition coefficient (Wildman–Crippen LogP) is 5.38. The summed E-state index contributed by atoms with van der Waals surface area (Å²) >= 11 is 0. The van der Waals surface area contributed by atoms with Crippen molar-refractivity contribution in [3.05, 3.63) is 107 Å². The molecule has 2 N–H and O–H groups in total. The van der Waals surface area contributed by atoms with E-state index in [1.165, 1.54) is 0 Å². The van der Waals surface area contributed by atoms with Gasteiger partial charge in [0.25, 0.3) is 11.8 Å². The van der Waals surface area contributed by atoms with Gasteiger partial charge in [-0.1, -0.05) is 43.3 Å². The molecule has 1 aliphatic carbocycles. The van der Waals surface area contributed by atoms with Gasteiger partial charge in [-0.25, -0.2) is 4.98 Å². The van der Waals surface area contributed by atoms with Crippen LogP contribution in [0, 0.1) is 6.92 Å². The first kappa shape index (κ1) is 33.7. The Kier molecular flexibility index (Phi) is 8.44. The zero-order valence-electron chi connectivity index (χ0n) is 29.2. The van der Waals surface area contributed by atoms with Gasteiger partial charge in [0, 0.05) is 49.5 Å². The molecule has 0 spiro atoms. The van der Waals surface area contributed by atoms with Crippen molar-refractivity contribution in [2.45, 2.75) is 70.1 Å². The fourth-order valence-electron chi connectivity index (χ4n) is 6.85. The Hall–Kier alpha value is -6.44. The number of ether oxygens (including phenoxy) is 2. The van der Waals surface area contributed by atoms with Gasteiger partial charge in [0.15, 0.2) is 0 Å². The SMILES string of the molecule is Cc1nc(-c2ccnc(Oc3ccc(C(C)(C)c4ccc(OC5CC(Nc6ccc7c(c6)C(=O)N(C6CCC(=O)NC6=O)C7=O)C5)cc4)cc3)n2)no1. The van der Waals surface area contributed by atoms with Gasteiger partial charge in [-0.05, 0) is 66.1 Å². The summed E-state index contributed by atoms with van der Waals surface area (Å²) in [4.78, 5) is 63.9. The number of anilines is 1. The molecule has 4 amide bonds. The average Bonchev–Trinajstić information content (AvgIpc) is 3.67. The molecule has 1 saturated carbocycles. The highest BCUT2D eigenvalue weighted by molar-refractivity contribution is 6.23. The number of piperidine rings is 1. The highest BCUT2D eigenvalue weighted by Crippen LogP contribution is 2.36. The number of hydrogen-bond acceptors (Lipinski definition) is 12. The van der Waals surface area contributed by atoms with Crippen molar-refractivity contribution in [3.8, 4) is 29.0 Å². The summed E-state index contributed by atoms with van der Waals surface area (Å²) in [6.45, 7) is 6.04. The Labute approximate surface area is 303 Å². The summed E-state index contributed by atoms with van der Waals surface area (Å²) in [5.74, 6) is 0.112. The lowest BCUT2D eigenvalue weighted by atomic mass is 9.78. The van der Waals surface area contributed by atoms with Crippen LogP contribution in [0.15, 0.2) is 83.5 Å². The first-order valence-electron chi connectivity index (χ1n) is 17.3. The Morgan fingerprint density at radius 2 is 1.57 bits per heavy atom. The number of imide groups is 2. The van der Waals surface area contributed by atoms with E-state index in [-0.39, 0.29) is 47.5 Å². The Balaban J connectivity index is 0.839. The first-order chi connectivity index (χ1) is 25.5. The predicted molar refractivity (Wildman–Crippen MR) is 189 cm³/mol. The summed E-state index contributed by atoms with van der Waals surface area (Å²) in [5, 5.41) is 9.55. The van der Waals surface area contributed by atoms with E-state index in [0.717, 1.165) is 34.6 Å². The molecular weight excluding hydrogens is 678 g/mol. The summed E-state index contributed by atoms with van der Waals surface area (Å²) in [6, 6.07) is 22.0. The molecule has 4 heterocycles. The molecule has 268 valence electrons. The highest BCUT2D eigenvalue weighted by atomic mass is 16.5. The van der Waals surface area contributed by atoms with Crippen LogP contribution in [0.2, 0.25) is 0 Å². The van der Waals surface area contributed by atoms with Gasteiger partial charge in [-0.15, -0.1) is 0 Å². The van der Waals surface area contributed by atoms with Gasteiger partial charge < -0.3 is 19.3 Å². The lowest BCUT2D eigenvalue weighted by Crippen LogP contribution is -2.54. The summed E-state index contributed by atoms with van der Waals surface area (Å²) < 4.78 is 17.2. The number of benzene rings is 3. The Morgan fingerprint density at radius 3 is 2.25 bits per heavy atom. The van der Waals surface area contributed by atoms with Crippen LogP contribution >= 0.6 is 0 Å². The number of aromatic nitrogens is 4. The minimum absolute atomic E-state index is 0.0283. The van der Waals surface area contributed by atoms with Gasteiger partial charge in [-0.2, -0.15) is 9.97 Å². The van der Waals surface area contributed by atoms with Crippen LogP contribution in [0.5, 0.6) is 17.5 Å². The topological polar surface area (TPSA) is 179 Å². The molecule has 3 aromatic carbocycles. The Morgan fingerprint density at radius 1 is 0.868 bits per heavy atom. The van der Waals surface area contributed by atoms with Gasteiger partial charge in [0.05, 0.1) is 11.1 Å². The fourth-order valence-corrected chi connectivity index (χ4v) is 6.85. The molecular formula is C39H35N7O7. The number of hydrogen-bond donors (Lipinski definition) is 2. The monoisotopic (exact) mass is 713 g/mol. The van der Waals surface area contributed by atoms with Gasteiger partial charge in [0.1, 0.15) is 29.3 Å². The minimum atomic E-state index is -0.992. The lowest BCUT2D eigenvalue weighted by molar-refractivity contribution is -0.136. The molecule has 0 bridgehead atoms. The molecule has 14 nitrogen and oxygen atoms in total. The van der Waals surface area contributed by atoms with Crippen molar-refractivity contribution in [2.24, 2.45) is 0 Å². The molecule has 0 radical (unpaired) electrons. The van der Waals surface area contributed by atoms with Gasteiger partial charge in [-0.3, -0.25) is 29.4 Å². The van der Waals surface area contributed by atoms with E-state index in [2.05, 4.69) is 56.7 Å². The van der Waals surface area contributed by atoms with E-state index in [1.807, 2.05) is 36.4 Å². The van der Waals surface area contributed by atoms with Crippen molar-refractivity contribution in [1.82, 2.24) is 30.3 Å². The highest BCUT2D eigenvalue weighted by Gasteiger charge is 2.45. The van der Waals surface area contributed by atoms with Crippen LogP contribution in [-0.2, 0) is 15.0 Å². The first-order valence-corrected chi connectivity index (χ1v) is 17.3. The number of carbonyl (C=O) groups excluding carboxylic acids is 4. The molecule has 2 fully saturated rings. The van der Waals surface area contributed by atoms with Crippen molar-refractivity contribution in [2.75, 3.05) is 5.32 Å². The van der Waals surface area contributed by atoms with Crippen molar-refractivity contribution in [3.63, 3.8) is 0 Å². The fraction of sp³-hybridized carbons (Fsp3) is 0.282. The second-order valence-corrected chi connectivity index (χ2v) is 13.9. The number of rotatable bonds is 10. The van der Waals surface area contributed by atoms with Crippen molar-refractivity contribution >= 4 is 29.3 Å². The van der Waals surface area contributed by atoms with E-state index in [4.69, 9.17) is 14.0 Å². The van der Waals surface area contributed by atoms with Crippen LogP contribution in [0.3, 0.4) is 0 Å². The minimum Gasteiger partial charge on any atom is -0.490 e. The van der Waals surface area contributed by atoms with E-state index >= 15 is 0 Å². The van der Waals surface area contributed by atoms with Crippen LogP contribution in [0.1, 0.15) is 77.3 Å². The zero-order valence-corrected chi connectivity index (χ0v) is 29.2. The zero-order chi connectivity index (χ0) is 36.9. The molecule has 1 unspecified atom stereocenters. The standard InChI is InChI=1S/C39H35N7O7/c1-21-41-34(45-53-21)31-16-17-40-38(43-31)52-27-11-6-23(7-12-27)39(2,3)22-4-9-26(10-5-22)51-28-18-25(19-28)42-24-8-13-29-30(20-24)37(50)46(36(29)49)32-14-15-33(47)44-35(32)48/h4-13,16-17,20,25,28,32,42H,14-15,18-19H2,1-3H3,(H,44,47,48). The number of fused-ring (bicyclic) bond motifs is 1. The summed E-state index contributed by atoms with van der Waals surface area (Å²) in [5.41, 5.74) is 3.64. The molecule has 2 aliphatic heterocycles. The molecule has 2 aromatic heterocycles. The van der Waals surface area contributed by atoms with Crippen LogP contribution in [-0.4, -0.2) is 66.8 Å². The molecule has 1 atom stereocenters. The van der Waals surface area contributed by atoms with E-state index < -0.39 is 29.7 Å². The maximum Gasteiger partial charge on any atom is 0.322 e. The molecule has 3 aliphatic rings.